The van der Waals surface area contributed by atoms with Crippen molar-refractivity contribution in [1.82, 2.24) is 15.5 Å². The lowest BCUT2D eigenvalue weighted by molar-refractivity contribution is 0.224. The number of aliphatic hydroxyl groups excluding tert-OH is 1. The van der Waals surface area contributed by atoms with E-state index in [4.69, 9.17) is 5.11 Å². The lowest BCUT2D eigenvalue weighted by atomic mass is 10.1. The summed E-state index contributed by atoms with van der Waals surface area (Å²) in [5, 5.41) is 15.8. The number of aliphatic hydroxyl groups is 1. The Morgan fingerprint density at radius 2 is 2.14 bits per heavy atom. The van der Waals surface area contributed by atoms with E-state index >= 15 is 0 Å². The van der Waals surface area contributed by atoms with Crippen LogP contribution >= 0.6 is 24.0 Å². The summed E-state index contributed by atoms with van der Waals surface area (Å²) in [7, 11) is 0. The van der Waals surface area contributed by atoms with E-state index in [2.05, 4.69) is 34.0 Å². The average Bonchev–Trinajstić information content (AvgIpc) is 2.47. The smallest absolute Gasteiger partial charge is 0.191 e. The van der Waals surface area contributed by atoms with Gasteiger partial charge < -0.3 is 15.7 Å². The quantitative estimate of drug-likeness (QED) is 0.257. The highest BCUT2D eigenvalue weighted by atomic mass is 127. The van der Waals surface area contributed by atoms with Crippen LogP contribution in [0.15, 0.2) is 17.6 Å². The van der Waals surface area contributed by atoms with E-state index in [-0.39, 0.29) is 36.5 Å². The van der Waals surface area contributed by atoms with Gasteiger partial charge in [0.1, 0.15) is 0 Å². The van der Waals surface area contributed by atoms with Gasteiger partial charge in [-0.15, -0.1) is 30.6 Å². The fourth-order valence-electron chi connectivity index (χ4n) is 2.26. The minimum absolute atomic E-state index is 0. The first-order valence-electron chi connectivity index (χ1n) is 7.68. The maximum atomic E-state index is 9.06. The Labute approximate surface area is 146 Å². The van der Waals surface area contributed by atoms with E-state index in [9.17, 15) is 0 Å². The standard InChI is InChI=1S/C15H30N4O.HI/c1-4-8-19-9-6-14(7-10-19)18-15(16-5-2)17-11-13(3)12-20;/h4,13-14,20H,1,5-12H2,2-3H3,(H2,16,17,18);1H. The Hall–Kier alpha value is -0.340. The number of halogens is 1. The first kappa shape index (κ1) is 20.7. The van der Waals surface area contributed by atoms with Crippen LogP contribution < -0.4 is 10.6 Å². The molecule has 1 heterocycles. The van der Waals surface area contributed by atoms with Crippen LogP contribution in [-0.2, 0) is 0 Å². The van der Waals surface area contributed by atoms with E-state index in [0.717, 1.165) is 45.0 Å². The predicted octanol–water partition coefficient (Wildman–Crippen LogP) is 1.44. The maximum absolute atomic E-state index is 9.06. The zero-order valence-electron chi connectivity index (χ0n) is 13.3. The molecule has 1 aliphatic rings. The van der Waals surface area contributed by atoms with E-state index in [1.165, 1.54) is 0 Å². The lowest BCUT2D eigenvalue weighted by Crippen LogP contribution is -2.48. The van der Waals surface area contributed by atoms with Crippen molar-refractivity contribution in [3.8, 4) is 0 Å². The molecule has 1 atom stereocenters. The van der Waals surface area contributed by atoms with Gasteiger partial charge in [-0.05, 0) is 25.7 Å². The summed E-state index contributed by atoms with van der Waals surface area (Å²) in [6, 6.07) is 0.485. The third-order valence-corrected chi connectivity index (χ3v) is 3.53. The van der Waals surface area contributed by atoms with Crippen molar-refractivity contribution >= 4 is 29.9 Å². The van der Waals surface area contributed by atoms with Crippen LogP contribution in [0.5, 0.6) is 0 Å². The minimum Gasteiger partial charge on any atom is -0.396 e. The van der Waals surface area contributed by atoms with Crippen molar-refractivity contribution in [1.29, 1.82) is 0 Å². The number of hydrogen-bond acceptors (Lipinski definition) is 3. The van der Waals surface area contributed by atoms with Crippen LogP contribution in [-0.4, -0.2) is 61.3 Å². The molecule has 0 spiro atoms. The average molecular weight is 410 g/mol. The van der Waals surface area contributed by atoms with Gasteiger partial charge in [-0.3, -0.25) is 9.89 Å². The number of aliphatic imine (C=N–C) groups is 1. The summed E-state index contributed by atoms with van der Waals surface area (Å²) in [4.78, 5) is 6.96. The van der Waals surface area contributed by atoms with Crippen molar-refractivity contribution in [2.75, 3.05) is 39.3 Å². The van der Waals surface area contributed by atoms with Gasteiger partial charge in [0.15, 0.2) is 5.96 Å². The molecule has 0 radical (unpaired) electrons. The molecule has 0 bridgehead atoms. The number of likely N-dealkylation sites (tertiary alicyclic amines) is 1. The van der Waals surface area contributed by atoms with Gasteiger partial charge >= 0.3 is 0 Å². The fourth-order valence-corrected chi connectivity index (χ4v) is 2.26. The minimum atomic E-state index is 0. The molecule has 1 rings (SSSR count). The number of piperidine rings is 1. The number of hydrogen-bond donors (Lipinski definition) is 3. The van der Waals surface area contributed by atoms with Gasteiger partial charge in [0, 0.05) is 45.4 Å². The molecule has 0 aromatic carbocycles. The lowest BCUT2D eigenvalue weighted by Gasteiger charge is -2.32. The predicted molar refractivity (Wildman–Crippen MR) is 100 cm³/mol. The van der Waals surface area contributed by atoms with Crippen LogP contribution in [0, 0.1) is 5.92 Å². The molecule has 1 aliphatic heterocycles. The first-order valence-corrected chi connectivity index (χ1v) is 7.68. The summed E-state index contributed by atoms with van der Waals surface area (Å²) in [6.07, 6.45) is 4.23. The second-order valence-electron chi connectivity index (χ2n) is 5.52. The molecular weight excluding hydrogens is 379 g/mol. The molecule has 0 aromatic rings. The van der Waals surface area contributed by atoms with Crippen molar-refractivity contribution in [3.63, 3.8) is 0 Å². The molecule has 21 heavy (non-hydrogen) atoms. The molecular formula is C15H31IN4O. The third kappa shape index (κ3) is 8.63. The Balaban J connectivity index is 0.00000400. The first-order chi connectivity index (χ1) is 9.69. The van der Waals surface area contributed by atoms with Crippen molar-refractivity contribution < 1.29 is 5.11 Å². The van der Waals surface area contributed by atoms with E-state index in [1.54, 1.807) is 0 Å². The molecule has 0 amide bonds. The number of guanidine groups is 1. The highest BCUT2D eigenvalue weighted by Crippen LogP contribution is 2.09. The van der Waals surface area contributed by atoms with Crippen molar-refractivity contribution in [2.24, 2.45) is 10.9 Å². The van der Waals surface area contributed by atoms with Crippen LogP contribution in [0.25, 0.3) is 0 Å². The molecule has 3 N–H and O–H groups in total. The molecule has 1 unspecified atom stereocenters. The molecule has 1 saturated heterocycles. The van der Waals surface area contributed by atoms with Crippen LogP contribution in [0.1, 0.15) is 26.7 Å². The summed E-state index contributed by atoms with van der Waals surface area (Å²) in [6.45, 7) is 12.7. The second-order valence-corrected chi connectivity index (χ2v) is 5.52. The molecule has 5 nitrogen and oxygen atoms in total. The van der Waals surface area contributed by atoms with Crippen LogP contribution in [0.3, 0.4) is 0 Å². The fraction of sp³-hybridized carbons (Fsp3) is 0.800. The summed E-state index contributed by atoms with van der Waals surface area (Å²) in [5.41, 5.74) is 0. The molecule has 1 fully saturated rings. The van der Waals surface area contributed by atoms with Gasteiger partial charge in [-0.1, -0.05) is 13.0 Å². The zero-order chi connectivity index (χ0) is 14.8. The van der Waals surface area contributed by atoms with Gasteiger partial charge in [-0.25, -0.2) is 0 Å². The Kier molecular flexibility index (Phi) is 12.0. The SMILES string of the molecule is C=CCN1CCC(NC(=NCC(C)CO)NCC)CC1.I. The maximum Gasteiger partial charge on any atom is 0.191 e. The van der Waals surface area contributed by atoms with Crippen molar-refractivity contribution in [2.45, 2.75) is 32.7 Å². The molecule has 6 heteroatoms. The molecule has 0 saturated carbocycles. The Bertz CT molecular complexity index is 304. The summed E-state index contributed by atoms with van der Waals surface area (Å²) >= 11 is 0. The van der Waals surface area contributed by atoms with E-state index in [1.807, 2.05) is 13.0 Å². The monoisotopic (exact) mass is 410 g/mol. The molecule has 124 valence electrons. The highest BCUT2D eigenvalue weighted by Gasteiger charge is 2.19. The summed E-state index contributed by atoms with van der Waals surface area (Å²) < 4.78 is 0. The number of nitrogens with zero attached hydrogens (tertiary/aromatic N) is 2. The van der Waals surface area contributed by atoms with Crippen LogP contribution in [0.4, 0.5) is 0 Å². The normalized spacial score (nSPS) is 18.7. The second kappa shape index (κ2) is 12.2. The zero-order valence-corrected chi connectivity index (χ0v) is 15.7. The van der Waals surface area contributed by atoms with E-state index in [0.29, 0.717) is 12.6 Å². The van der Waals surface area contributed by atoms with Gasteiger partial charge in [-0.2, -0.15) is 0 Å². The molecule has 0 aliphatic carbocycles. The van der Waals surface area contributed by atoms with Crippen molar-refractivity contribution in [3.05, 3.63) is 12.7 Å². The van der Waals surface area contributed by atoms with Gasteiger partial charge in [0.05, 0.1) is 0 Å². The summed E-state index contributed by atoms with van der Waals surface area (Å²) in [5.74, 6) is 1.08. The number of nitrogens with one attached hydrogen (secondary N) is 2. The van der Waals surface area contributed by atoms with Gasteiger partial charge in [0.25, 0.3) is 0 Å². The number of rotatable bonds is 7. The van der Waals surface area contributed by atoms with E-state index < -0.39 is 0 Å². The Morgan fingerprint density at radius 1 is 1.48 bits per heavy atom. The molecule has 0 aromatic heterocycles. The topological polar surface area (TPSA) is 59.9 Å². The highest BCUT2D eigenvalue weighted by molar-refractivity contribution is 14.0. The largest absolute Gasteiger partial charge is 0.396 e. The Morgan fingerprint density at radius 3 is 2.67 bits per heavy atom. The van der Waals surface area contributed by atoms with Crippen LogP contribution in [0.2, 0.25) is 0 Å². The van der Waals surface area contributed by atoms with Gasteiger partial charge in [0.2, 0.25) is 0 Å². The third-order valence-electron chi connectivity index (χ3n) is 3.53.